The number of benzene rings is 1. The number of halogens is 1. The average Bonchev–Trinajstić information content (AvgIpc) is 2.66. The van der Waals surface area contributed by atoms with Crippen molar-refractivity contribution in [3.8, 4) is 16.9 Å². The Morgan fingerprint density at radius 1 is 1.12 bits per heavy atom. The van der Waals surface area contributed by atoms with Gasteiger partial charge in [0.1, 0.15) is 0 Å². The first kappa shape index (κ1) is 18.6. The Bertz CT molecular complexity index is 876. The van der Waals surface area contributed by atoms with Gasteiger partial charge < -0.3 is 5.11 Å². The molecule has 0 atom stereocenters. The lowest BCUT2D eigenvalue weighted by molar-refractivity contribution is 0.478. The van der Waals surface area contributed by atoms with Crippen LogP contribution in [0.3, 0.4) is 0 Å². The van der Waals surface area contributed by atoms with E-state index in [1.54, 1.807) is 18.5 Å². The second-order valence-corrected chi connectivity index (χ2v) is 5.68. The van der Waals surface area contributed by atoms with Gasteiger partial charge in [0.15, 0.2) is 11.4 Å². The van der Waals surface area contributed by atoms with Crippen LogP contribution in [0.15, 0.2) is 53.6 Å². The minimum Gasteiger partial charge on any atom is -0.504 e. The van der Waals surface area contributed by atoms with E-state index in [-0.39, 0.29) is 11.3 Å². The monoisotopic (exact) mass is 342 g/mol. The fourth-order valence-electron chi connectivity index (χ4n) is 2.76. The molecule has 4 nitrogen and oxygen atoms in total. The molecule has 0 aliphatic rings. The quantitative estimate of drug-likeness (QED) is 0.700. The van der Waals surface area contributed by atoms with Crippen LogP contribution < -0.4 is 5.56 Å². The van der Waals surface area contributed by atoms with Gasteiger partial charge >= 0.3 is 0 Å². The van der Waals surface area contributed by atoms with Crippen LogP contribution in [-0.4, -0.2) is 21.7 Å². The van der Waals surface area contributed by atoms with E-state index in [4.69, 9.17) is 0 Å². The molecule has 0 saturated heterocycles. The van der Waals surface area contributed by atoms with Crippen molar-refractivity contribution in [3.05, 3.63) is 64.7 Å². The van der Waals surface area contributed by atoms with Crippen molar-refractivity contribution in [1.29, 1.82) is 0 Å². The Morgan fingerprint density at radius 2 is 1.84 bits per heavy atom. The lowest BCUT2D eigenvalue weighted by atomic mass is 10.1. The van der Waals surface area contributed by atoms with Crippen molar-refractivity contribution in [2.75, 3.05) is 7.18 Å². The van der Waals surface area contributed by atoms with E-state index in [9.17, 15) is 14.3 Å². The first-order chi connectivity index (χ1) is 12.2. The molecule has 0 aliphatic carbocycles. The zero-order valence-electron chi connectivity index (χ0n) is 14.6. The Balaban J connectivity index is 0.00000109. The average molecular weight is 342 g/mol. The summed E-state index contributed by atoms with van der Waals surface area (Å²) in [5, 5.41) is 10.5. The van der Waals surface area contributed by atoms with Crippen molar-refractivity contribution in [3.63, 3.8) is 0 Å². The van der Waals surface area contributed by atoms with E-state index in [0.717, 1.165) is 31.2 Å². The molecule has 3 rings (SSSR count). The molecular weight excluding hydrogens is 319 g/mol. The molecule has 1 N–H and O–H groups in total. The number of rotatable bonds is 5. The topological polar surface area (TPSA) is 54.6 Å². The highest BCUT2D eigenvalue weighted by Crippen LogP contribution is 2.31. The summed E-state index contributed by atoms with van der Waals surface area (Å²) in [5.74, 6) is 0.0379. The van der Waals surface area contributed by atoms with Gasteiger partial charge in [-0.05, 0) is 24.5 Å². The number of aromatic nitrogens is 2. The summed E-state index contributed by atoms with van der Waals surface area (Å²) in [4.78, 5) is 16.9. The van der Waals surface area contributed by atoms with Crippen LogP contribution in [-0.2, 0) is 6.42 Å². The summed E-state index contributed by atoms with van der Waals surface area (Å²) in [6.07, 6.45) is 7.21. The molecule has 0 fully saturated rings. The van der Waals surface area contributed by atoms with Crippen molar-refractivity contribution in [2.45, 2.75) is 32.6 Å². The number of nitrogens with zero attached hydrogens (tertiary/aromatic N) is 2. The van der Waals surface area contributed by atoms with E-state index >= 15 is 0 Å². The van der Waals surface area contributed by atoms with Gasteiger partial charge in [0.05, 0.1) is 7.18 Å². The molecule has 0 amide bonds. The third kappa shape index (κ3) is 4.05. The highest BCUT2D eigenvalue weighted by molar-refractivity contribution is 5.76. The Kier molecular flexibility index (Phi) is 6.69. The molecule has 0 saturated carbocycles. The maximum atomic E-state index is 12.5. The molecule has 2 heterocycles. The highest BCUT2D eigenvalue weighted by atomic mass is 19.1. The van der Waals surface area contributed by atoms with Gasteiger partial charge in [-0.15, -0.1) is 0 Å². The van der Waals surface area contributed by atoms with Crippen molar-refractivity contribution in [2.24, 2.45) is 0 Å². The van der Waals surface area contributed by atoms with Gasteiger partial charge in [0.2, 0.25) is 0 Å². The van der Waals surface area contributed by atoms with Gasteiger partial charge in [0, 0.05) is 23.5 Å². The molecule has 0 radical (unpaired) electrons. The molecule has 3 aromatic rings. The van der Waals surface area contributed by atoms with E-state index in [1.165, 1.54) is 4.40 Å². The maximum absolute atomic E-state index is 12.5. The SMILES string of the molecule is CCCCCc1cnc2c(O)c(-c3ccccc3)ccn2c1=O.CF. The highest BCUT2D eigenvalue weighted by Gasteiger charge is 2.12. The van der Waals surface area contributed by atoms with Crippen LogP contribution in [0.5, 0.6) is 5.75 Å². The zero-order chi connectivity index (χ0) is 18.2. The first-order valence-corrected chi connectivity index (χ1v) is 8.37. The minimum atomic E-state index is -0.0963. The van der Waals surface area contributed by atoms with Gasteiger partial charge in [-0.1, -0.05) is 50.1 Å². The Morgan fingerprint density at radius 3 is 2.52 bits per heavy atom. The molecule has 0 spiro atoms. The summed E-state index contributed by atoms with van der Waals surface area (Å²) in [6.45, 7) is 2.13. The molecule has 5 heteroatoms. The standard InChI is InChI=1S/C19H20N2O2.CH3F/c1-2-3-5-10-15-13-20-18-17(22)16(11-12-21(18)19(15)23)14-8-6-4-7-9-14;1-2/h4,6-9,11-13,22H,2-3,5,10H2,1H3;1H3. The third-order valence-electron chi connectivity index (χ3n) is 4.06. The maximum Gasteiger partial charge on any atom is 0.261 e. The number of hydrogen-bond donors (Lipinski definition) is 1. The second-order valence-electron chi connectivity index (χ2n) is 5.68. The van der Waals surface area contributed by atoms with Crippen molar-refractivity contribution >= 4 is 5.65 Å². The van der Waals surface area contributed by atoms with Crippen LogP contribution >= 0.6 is 0 Å². The second kappa shape index (κ2) is 8.97. The summed E-state index contributed by atoms with van der Waals surface area (Å²) in [6, 6.07) is 11.3. The molecule has 1 aromatic carbocycles. The van der Waals surface area contributed by atoms with E-state index in [1.807, 2.05) is 30.3 Å². The first-order valence-electron chi connectivity index (χ1n) is 8.37. The molecule has 25 heavy (non-hydrogen) atoms. The number of fused-ring (bicyclic) bond motifs is 1. The van der Waals surface area contributed by atoms with Crippen LogP contribution in [0.4, 0.5) is 4.39 Å². The van der Waals surface area contributed by atoms with Crippen LogP contribution in [0.25, 0.3) is 16.8 Å². The zero-order valence-corrected chi connectivity index (χ0v) is 14.6. The molecule has 132 valence electrons. The number of hydrogen-bond acceptors (Lipinski definition) is 3. The van der Waals surface area contributed by atoms with Crippen LogP contribution in [0.1, 0.15) is 31.7 Å². The summed E-state index contributed by atoms with van der Waals surface area (Å²) >= 11 is 0. The van der Waals surface area contributed by atoms with Crippen LogP contribution in [0.2, 0.25) is 0 Å². The number of unbranched alkanes of at least 4 members (excludes halogenated alkanes) is 2. The molecule has 2 aromatic heterocycles. The van der Waals surface area contributed by atoms with Crippen LogP contribution in [0, 0.1) is 0 Å². The third-order valence-corrected chi connectivity index (χ3v) is 4.06. The smallest absolute Gasteiger partial charge is 0.261 e. The molecule has 0 bridgehead atoms. The predicted molar refractivity (Wildman–Crippen MR) is 98.8 cm³/mol. The van der Waals surface area contributed by atoms with Gasteiger partial charge in [-0.2, -0.15) is 0 Å². The van der Waals surface area contributed by atoms with Gasteiger partial charge in [0.25, 0.3) is 5.56 Å². The molecule has 0 aliphatic heterocycles. The lowest BCUT2D eigenvalue weighted by Gasteiger charge is -2.09. The lowest BCUT2D eigenvalue weighted by Crippen LogP contribution is -2.19. The summed E-state index contributed by atoms with van der Waals surface area (Å²) in [7, 11) is 0.500. The number of alkyl halides is 1. The van der Waals surface area contributed by atoms with Gasteiger partial charge in [-0.25, -0.2) is 4.98 Å². The van der Waals surface area contributed by atoms with E-state index in [2.05, 4.69) is 11.9 Å². The largest absolute Gasteiger partial charge is 0.504 e. The van der Waals surface area contributed by atoms with E-state index in [0.29, 0.717) is 24.0 Å². The predicted octanol–water partition coefficient (Wildman–Crippen LogP) is 4.39. The molecular formula is C20H23FN2O2. The number of aryl methyl sites for hydroxylation is 1. The molecule has 0 unspecified atom stereocenters. The Hall–Kier alpha value is -2.69. The van der Waals surface area contributed by atoms with E-state index < -0.39 is 0 Å². The fourth-order valence-corrected chi connectivity index (χ4v) is 2.76. The summed E-state index contributed by atoms with van der Waals surface area (Å²) in [5.41, 5.74) is 2.48. The number of pyridine rings is 1. The summed E-state index contributed by atoms with van der Waals surface area (Å²) < 4.78 is 10.9. The fraction of sp³-hybridized carbons (Fsp3) is 0.300. The normalized spacial score (nSPS) is 10.4. The van der Waals surface area contributed by atoms with Crippen molar-refractivity contribution in [1.82, 2.24) is 9.38 Å². The Labute approximate surface area is 146 Å². The number of aromatic hydroxyl groups is 1. The van der Waals surface area contributed by atoms with Crippen molar-refractivity contribution < 1.29 is 9.50 Å². The van der Waals surface area contributed by atoms with Gasteiger partial charge in [-0.3, -0.25) is 13.6 Å². The minimum absolute atomic E-state index is 0.0379.